The van der Waals surface area contributed by atoms with Crippen LogP contribution in [0.2, 0.25) is 5.02 Å². The fourth-order valence-electron chi connectivity index (χ4n) is 4.51. The summed E-state index contributed by atoms with van der Waals surface area (Å²) in [6, 6.07) is 18.6. The number of aliphatic carboxylic acids is 1. The number of halogens is 3. The fraction of sp³-hybridized carbons (Fsp3) is 0.286. The van der Waals surface area contributed by atoms with Gasteiger partial charge in [0, 0.05) is 30.4 Å². The van der Waals surface area contributed by atoms with E-state index in [2.05, 4.69) is 0 Å². The molecule has 1 fully saturated rings. The number of rotatable bonds is 10. The molecule has 0 heterocycles. The van der Waals surface area contributed by atoms with E-state index in [-0.39, 0.29) is 18.1 Å². The smallest absolute Gasteiger partial charge is 0.346 e. The van der Waals surface area contributed by atoms with Gasteiger partial charge in [0.05, 0.1) is 0 Å². The highest BCUT2D eigenvalue weighted by atomic mass is 35.5. The number of carboxylic acids is 1. The van der Waals surface area contributed by atoms with Gasteiger partial charge in [-0.15, -0.1) is 0 Å². The number of hydrogen-bond donors (Lipinski definition) is 1. The molecule has 1 aliphatic carbocycles. The Labute approximate surface area is 212 Å². The second-order valence-corrected chi connectivity index (χ2v) is 9.35. The Morgan fingerprint density at radius 1 is 1.08 bits per heavy atom. The largest absolute Gasteiger partial charge is 0.479 e. The van der Waals surface area contributed by atoms with Crippen LogP contribution in [0, 0.1) is 11.7 Å². The summed E-state index contributed by atoms with van der Waals surface area (Å²) in [6.07, 6.45) is -0.783. The number of hydrogen-bond acceptors (Lipinski definition) is 4. The first-order valence-corrected chi connectivity index (χ1v) is 11.9. The third kappa shape index (κ3) is 5.68. The Morgan fingerprint density at radius 3 is 2.33 bits per heavy atom. The van der Waals surface area contributed by atoms with Gasteiger partial charge in [0.15, 0.2) is 6.10 Å². The average Bonchev–Trinajstić information content (AvgIpc) is 3.67. The van der Waals surface area contributed by atoms with Crippen LogP contribution in [0.25, 0.3) is 0 Å². The molecule has 3 aromatic rings. The van der Waals surface area contributed by atoms with E-state index in [9.17, 15) is 19.1 Å². The monoisotopic (exact) mass is 514 g/mol. The van der Waals surface area contributed by atoms with E-state index in [0.717, 1.165) is 19.1 Å². The molecule has 0 aliphatic heterocycles. The standard InChI is InChI=1S/C28H25ClF2O5/c1-17(32)35-25(15-20-11-14-22(30)16-24(20)36-23-5-3-2-4-6-23)28(31,27(33)34)26(18-7-8-18)19-9-12-21(29)13-10-19/h2-6,9-14,16,18,25-26H,7-8,15H2,1H3,(H,33,34)/t25-,26+,28+/m0/s1. The maximum absolute atomic E-state index is 17.0. The Balaban J connectivity index is 1.76. The molecule has 0 radical (unpaired) electrons. The van der Waals surface area contributed by atoms with Gasteiger partial charge in [0.2, 0.25) is 0 Å². The van der Waals surface area contributed by atoms with Gasteiger partial charge >= 0.3 is 11.9 Å². The Kier molecular flexibility index (Phi) is 7.59. The van der Waals surface area contributed by atoms with Crippen LogP contribution in [-0.4, -0.2) is 28.8 Å². The van der Waals surface area contributed by atoms with E-state index in [1.54, 1.807) is 54.6 Å². The van der Waals surface area contributed by atoms with Crippen LogP contribution in [0.1, 0.15) is 36.8 Å². The van der Waals surface area contributed by atoms with Crippen LogP contribution in [0.15, 0.2) is 72.8 Å². The van der Waals surface area contributed by atoms with Crippen molar-refractivity contribution >= 4 is 23.5 Å². The highest BCUT2D eigenvalue weighted by Crippen LogP contribution is 2.52. The van der Waals surface area contributed by atoms with Crippen molar-refractivity contribution in [3.05, 3.63) is 94.8 Å². The minimum Gasteiger partial charge on any atom is -0.479 e. The van der Waals surface area contributed by atoms with Crippen molar-refractivity contribution in [2.24, 2.45) is 5.92 Å². The minimum atomic E-state index is -2.97. The first kappa shape index (κ1) is 25.6. The molecule has 0 unspecified atom stereocenters. The van der Waals surface area contributed by atoms with Crippen LogP contribution in [0.3, 0.4) is 0 Å². The van der Waals surface area contributed by atoms with Crippen molar-refractivity contribution in [1.29, 1.82) is 0 Å². The number of para-hydroxylation sites is 1. The van der Waals surface area contributed by atoms with Gasteiger partial charge in [0.1, 0.15) is 17.3 Å². The molecule has 188 valence electrons. The van der Waals surface area contributed by atoms with E-state index >= 15 is 4.39 Å². The lowest BCUT2D eigenvalue weighted by atomic mass is 9.75. The first-order chi connectivity index (χ1) is 17.2. The van der Waals surface area contributed by atoms with Crippen LogP contribution < -0.4 is 4.74 Å². The van der Waals surface area contributed by atoms with Gasteiger partial charge in [-0.2, -0.15) is 0 Å². The Hall–Kier alpha value is -3.45. The molecule has 0 bridgehead atoms. The van der Waals surface area contributed by atoms with Crippen LogP contribution >= 0.6 is 11.6 Å². The first-order valence-electron chi connectivity index (χ1n) is 11.5. The molecule has 1 aliphatic rings. The van der Waals surface area contributed by atoms with E-state index in [0.29, 0.717) is 34.7 Å². The lowest BCUT2D eigenvalue weighted by Crippen LogP contribution is -2.53. The maximum Gasteiger partial charge on any atom is 0.346 e. The summed E-state index contributed by atoms with van der Waals surface area (Å²) in [5.41, 5.74) is -2.23. The molecule has 5 nitrogen and oxygen atoms in total. The third-order valence-electron chi connectivity index (χ3n) is 6.29. The van der Waals surface area contributed by atoms with Crippen molar-refractivity contribution in [1.82, 2.24) is 0 Å². The van der Waals surface area contributed by atoms with Gasteiger partial charge in [-0.05, 0) is 60.2 Å². The number of carbonyl (C=O) groups is 2. The molecular formula is C28H25ClF2O5. The summed E-state index contributed by atoms with van der Waals surface area (Å²) in [6.45, 7) is 1.09. The zero-order valence-corrected chi connectivity index (χ0v) is 20.3. The highest BCUT2D eigenvalue weighted by molar-refractivity contribution is 6.30. The van der Waals surface area contributed by atoms with Crippen molar-refractivity contribution in [3.8, 4) is 11.5 Å². The number of carbonyl (C=O) groups excluding carboxylic acids is 1. The van der Waals surface area contributed by atoms with Crippen molar-refractivity contribution in [2.75, 3.05) is 0 Å². The third-order valence-corrected chi connectivity index (χ3v) is 6.54. The lowest BCUT2D eigenvalue weighted by Gasteiger charge is -2.37. The SMILES string of the molecule is CC(=O)O[C@@H](Cc1ccc(F)cc1Oc1ccccc1)[C@](F)(C(=O)O)[C@@H](c1ccc(Cl)cc1)C1CC1. The number of alkyl halides is 1. The van der Waals surface area contributed by atoms with E-state index in [4.69, 9.17) is 21.1 Å². The quantitative estimate of drug-likeness (QED) is 0.304. The molecule has 1 N–H and O–H groups in total. The molecule has 0 aromatic heterocycles. The van der Waals surface area contributed by atoms with Crippen LogP contribution in [-0.2, 0) is 20.7 Å². The molecule has 8 heteroatoms. The summed E-state index contributed by atoms with van der Waals surface area (Å²) in [7, 11) is 0. The number of benzene rings is 3. The van der Waals surface area contributed by atoms with Crippen molar-refractivity contribution < 1.29 is 33.0 Å². The van der Waals surface area contributed by atoms with E-state index < -0.39 is 35.4 Å². The summed E-state index contributed by atoms with van der Waals surface area (Å²) in [4.78, 5) is 24.6. The van der Waals surface area contributed by atoms with E-state index in [1.807, 2.05) is 0 Å². The Morgan fingerprint density at radius 2 is 1.75 bits per heavy atom. The van der Waals surface area contributed by atoms with E-state index in [1.165, 1.54) is 6.07 Å². The molecule has 36 heavy (non-hydrogen) atoms. The van der Waals surface area contributed by atoms with Crippen LogP contribution in [0.4, 0.5) is 8.78 Å². The van der Waals surface area contributed by atoms with Gasteiger partial charge in [-0.3, -0.25) is 4.79 Å². The number of ether oxygens (including phenoxy) is 2. The summed E-state index contributed by atoms with van der Waals surface area (Å²) < 4.78 is 42.3. The summed E-state index contributed by atoms with van der Waals surface area (Å²) in [5, 5.41) is 10.7. The number of carboxylic acid groups (broad SMARTS) is 1. The normalized spacial score (nSPS) is 16.4. The number of esters is 1. The van der Waals surface area contributed by atoms with Gasteiger partial charge in [-0.1, -0.05) is 48.0 Å². The molecule has 0 saturated heterocycles. The zero-order chi connectivity index (χ0) is 25.9. The molecule has 0 amide bonds. The fourth-order valence-corrected chi connectivity index (χ4v) is 4.64. The second-order valence-electron chi connectivity index (χ2n) is 8.91. The molecule has 1 saturated carbocycles. The maximum atomic E-state index is 17.0. The summed E-state index contributed by atoms with van der Waals surface area (Å²) >= 11 is 6.00. The predicted octanol–water partition coefficient (Wildman–Crippen LogP) is 6.73. The molecule has 4 rings (SSSR count). The minimum absolute atomic E-state index is 0.0700. The topological polar surface area (TPSA) is 72.8 Å². The molecule has 3 aromatic carbocycles. The Bertz CT molecular complexity index is 1230. The van der Waals surface area contributed by atoms with Gasteiger partial charge < -0.3 is 14.6 Å². The molecular weight excluding hydrogens is 490 g/mol. The van der Waals surface area contributed by atoms with Gasteiger partial charge in [-0.25, -0.2) is 13.6 Å². The van der Waals surface area contributed by atoms with Crippen LogP contribution in [0.5, 0.6) is 11.5 Å². The average molecular weight is 515 g/mol. The molecule has 0 spiro atoms. The zero-order valence-electron chi connectivity index (χ0n) is 19.5. The summed E-state index contributed by atoms with van der Waals surface area (Å²) in [5.74, 6) is -4.02. The lowest BCUT2D eigenvalue weighted by molar-refractivity contribution is -0.174. The molecule has 3 atom stereocenters. The van der Waals surface area contributed by atoms with Gasteiger partial charge in [0.25, 0.3) is 5.67 Å². The van der Waals surface area contributed by atoms with Crippen molar-refractivity contribution in [3.63, 3.8) is 0 Å². The second kappa shape index (κ2) is 10.7. The van der Waals surface area contributed by atoms with Crippen molar-refractivity contribution in [2.45, 2.75) is 43.9 Å². The highest BCUT2D eigenvalue weighted by Gasteiger charge is 2.59. The predicted molar refractivity (Wildman–Crippen MR) is 131 cm³/mol.